The minimum atomic E-state index is -0.989. The molecule has 0 aliphatic carbocycles. The molecule has 1 rings (SSSR count). The van der Waals surface area contributed by atoms with E-state index in [0.29, 0.717) is 24.2 Å². The summed E-state index contributed by atoms with van der Waals surface area (Å²) in [5, 5.41) is 11.7. The molecule has 1 aromatic carbocycles. The topological polar surface area (TPSA) is 69.6 Å². The van der Waals surface area contributed by atoms with Gasteiger partial charge in [0, 0.05) is 18.7 Å². The van der Waals surface area contributed by atoms with Gasteiger partial charge in [0.15, 0.2) is 0 Å². The minimum absolute atomic E-state index is 0.116. The molecule has 0 radical (unpaired) electrons. The Morgan fingerprint density at radius 1 is 1.33 bits per heavy atom. The van der Waals surface area contributed by atoms with Crippen LogP contribution in [0.3, 0.4) is 0 Å². The highest BCUT2D eigenvalue weighted by Crippen LogP contribution is 2.19. The number of carboxylic acid groups (broad SMARTS) is 1. The summed E-state index contributed by atoms with van der Waals surface area (Å²) in [7, 11) is 3.78. The van der Waals surface area contributed by atoms with Gasteiger partial charge in [-0.2, -0.15) is 0 Å². The van der Waals surface area contributed by atoms with Crippen molar-refractivity contribution < 1.29 is 14.7 Å². The predicted molar refractivity (Wildman–Crippen MR) is 69.9 cm³/mol. The zero-order chi connectivity index (χ0) is 13.7. The Bertz CT molecular complexity index is 456. The summed E-state index contributed by atoms with van der Waals surface area (Å²) in [5.41, 5.74) is 1.34. The maximum absolute atomic E-state index is 11.7. The quantitative estimate of drug-likeness (QED) is 0.832. The lowest BCUT2D eigenvalue weighted by Gasteiger charge is -2.12. The molecule has 1 amide bonds. The summed E-state index contributed by atoms with van der Waals surface area (Å²) >= 11 is 0. The fourth-order valence-electron chi connectivity index (χ4n) is 1.54. The van der Waals surface area contributed by atoms with Gasteiger partial charge < -0.3 is 15.3 Å². The summed E-state index contributed by atoms with van der Waals surface area (Å²) in [6.07, 6.45) is 0.379. The molecule has 0 aliphatic rings. The van der Waals surface area contributed by atoms with E-state index >= 15 is 0 Å². The van der Waals surface area contributed by atoms with Gasteiger partial charge in [0.1, 0.15) is 0 Å². The molecule has 2 N–H and O–H groups in total. The molecule has 5 nitrogen and oxygen atoms in total. The first-order valence-electron chi connectivity index (χ1n) is 5.69. The van der Waals surface area contributed by atoms with E-state index in [9.17, 15) is 9.59 Å². The van der Waals surface area contributed by atoms with Crippen molar-refractivity contribution in [1.29, 1.82) is 0 Å². The number of nitrogens with one attached hydrogen (secondary N) is 1. The van der Waals surface area contributed by atoms with Crippen LogP contribution in [0.5, 0.6) is 0 Å². The smallest absolute Gasteiger partial charge is 0.336 e. The maximum atomic E-state index is 11.7. The number of hydrogen-bond acceptors (Lipinski definition) is 3. The summed E-state index contributed by atoms with van der Waals surface area (Å²) in [6, 6.07) is 4.85. The largest absolute Gasteiger partial charge is 0.478 e. The molecule has 0 saturated carbocycles. The highest BCUT2D eigenvalue weighted by Gasteiger charge is 2.11. The van der Waals surface area contributed by atoms with Crippen molar-refractivity contribution >= 4 is 17.6 Å². The molecular formula is C13H18N2O3. The molecule has 98 valence electrons. The van der Waals surface area contributed by atoms with Gasteiger partial charge in [0.05, 0.1) is 5.56 Å². The van der Waals surface area contributed by atoms with Crippen molar-refractivity contribution in [2.75, 3.05) is 26.0 Å². The number of anilines is 1. The lowest BCUT2D eigenvalue weighted by Crippen LogP contribution is -2.21. The van der Waals surface area contributed by atoms with E-state index in [4.69, 9.17) is 5.11 Å². The number of carbonyl (C=O) groups excluding carboxylic acids is 1. The molecule has 18 heavy (non-hydrogen) atoms. The molecule has 0 aliphatic heterocycles. The van der Waals surface area contributed by atoms with E-state index in [1.165, 1.54) is 6.07 Å². The van der Waals surface area contributed by atoms with Crippen LogP contribution < -0.4 is 5.32 Å². The standard InChI is InChI=1S/C13H18N2O3/c1-9-10(13(17)18)5-4-6-11(9)14-12(16)7-8-15(2)3/h4-6H,7-8H2,1-3H3,(H,14,16)(H,17,18). The van der Waals surface area contributed by atoms with E-state index in [0.717, 1.165) is 0 Å². The summed E-state index contributed by atoms with van der Waals surface area (Å²) in [6.45, 7) is 2.34. The second-order valence-electron chi connectivity index (χ2n) is 4.38. The van der Waals surface area contributed by atoms with Crippen molar-refractivity contribution in [2.45, 2.75) is 13.3 Å². The molecule has 0 heterocycles. The van der Waals surface area contributed by atoms with E-state index in [-0.39, 0.29) is 11.5 Å². The average Bonchev–Trinajstić information content (AvgIpc) is 2.29. The lowest BCUT2D eigenvalue weighted by molar-refractivity contribution is -0.116. The first kappa shape index (κ1) is 14.2. The molecule has 0 saturated heterocycles. The highest BCUT2D eigenvalue weighted by molar-refractivity contribution is 5.96. The number of hydrogen-bond donors (Lipinski definition) is 2. The van der Waals surface area contributed by atoms with Crippen LogP contribution in [0.4, 0.5) is 5.69 Å². The number of rotatable bonds is 5. The molecule has 5 heteroatoms. The number of carbonyl (C=O) groups is 2. The third kappa shape index (κ3) is 3.85. The molecule has 0 unspecified atom stereocenters. The molecule has 0 spiro atoms. The number of amides is 1. The Kier molecular flexibility index (Phi) is 4.85. The molecule has 0 bridgehead atoms. The Hall–Kier alpha value is -1.88. The maximum Gasteiger partial charge on any atom is 0.336 e. The van der Waals surface area contributed by atoms with Gasteiger partial charge in [-0.1, -0.05) is 6.07 Å². The number of carboxylic acids is 1. The van der Waals surface area contributed by atoms with Crippen LogP contribution >= 0.6 is 0 Å². The van der Waals surface area contributed by atoms with E-state index in [1.807, 2.05) is 19.0 Å². The van der Waals surface area contributed by atoms with Crippen molar-refractivity contribution in [3.8, 4) is 0 Å². The lowest BCUT2D eigenvalue weighted by atomic mass is 10.1. The normalized spacial score (nSPS) is 10.4. The van der Waals surface area contributed by atoms with Gasteiger partial charge in [-0.15, -0.1) is 0 Å². The molecular weight excluding hydrogens is 232 g/mol. The number of benzene rings is 1. The number of aromatic carboxylic acids is 1. The van der Waals surface area contributed by atoms with Gasteiger partial charge in [-0.25, -0.2) is 4.79 Å². The summed E-state index contributed by atoms with van der Waals surface area (Å²) in [5.74, 6) is -1.11. The minimum Gasteiger partial charge on any atom is -0.478 e. The van der Waals surface area contributed by atoms with Gasteiger partial charge in [-0.05, 0) is 38.7 Å². The van der Waals surface area contributed by atoms with E-state index in [1.54, 1.807) is 19.1 Å². The first-order valence-corrected chi connectivity index (χ1v) is 5.69. The summed E-state index contributed by atoms with van der Waals surface area (Å²) < 4.78 is 0. The number of nitrogens with zero attached hydrogens (tertiary/aromatic N) is 1. The van der Waals surface area contributed by atoms with Crippen LogP contribution in [0.15, 0.2) is 18.2 Å². The highest BCUT2D eigenvalue weighted by atomic mass is 16.4. The van der Waals surface area contributed by atoms with Crippen LogP contribution in [-0.2, 0) is 4.79 Å². The first-order chi connectivity index (χ1) is 8.41. The molecule has 0 aromatic heterocycles. The van der Waals surface area contributed by atoms with Gasteiger partial charge in [0.25, 0.3) is 0 Å². The van der Waals surface area contributed by atoms with Crippen LogP contribution in [0.2, 0.25) is 0 Å². The third-order valence-electron chi connectivity index (χ3n) is 2.62. The van der Waals surface area contributed by atoms with Gasteiger partial charge in [-0.3, -0.25) is 4.79 Å². The third-order valence-corrected chi connectivity index (χ3v) is 2.62. The van der Waals surface area contributed by atoms with E-state index in [2.05, 4.69) is 5.32 Å². The van der Waals surface area contributed by atoms with Crippen molar-refractivity contribution in [2.24, 2.45) is 0 Å². The average molecular weight is 250 g/mol. The van der Waals surface area contributed by atoms with Crippen molar-refractivity contribution in [3.05, 3.63) is 29.3 Å². The SMILES string of the molecule is Cc1c(NC(=O)CCN(C)C)cccc1C(=O)O. The van der Waals surface area contributed by atoms with Gasteiger partial charge in [0.2, 0.25) is 5.91 Å². The zero-order valence-corrected chi connectivity index (χ0v) is 10.9. The van der Waals surface area contributed by atoms with Crippen molar-refractivity contribution in [1.82, 2.24) is 4.90 Å². The van der Waals surface area contributed by atoms with Crippen LogP contribution in [0.1, 0.15) is 22.3 Å². The van der Waals surface area contributed by atoms with Gasteiger partial charge >= 0.3 is 5.97 Å². The zero-order valence-electron chi connectivity index (χ0n) is 10.9. The van der Waals surface area contributed by atoms with Crippen molar-refractivity contribution in [3.63, 3.8) is 0 Å². The Labute approximate surface area is 106 Å². The van der Waals surface area contributed by atoms with Crippen LogP contribution in [-0.4, -0.2) is 42.5 Å². The second-order valence-corrected chi connectivity index (χ2v) is 4.38. The monoisotopic (exact) mass is 250 g/mol. The summed E-state index contributed by atoms with van der Waals surface area (Å²) in [4.78, 5) is 24.5. The molecule has 0 fully saturated rings. The molecule has 1 aromatic rings. The molecule has 0 atom stereocenters. The fourth-order valence-corrected chi connectivity index (χ4v) is 1.54. The predicted octanol–water partition coefficient (Wildman–Crippen LogP) is 1.58. The van der Waals surface area contributed by atoms with Crippen LogP contribution in [0, 0.1) is 6.92 Å². The van der Waals surface area contributed by atoms with E-state index < -0.39 is 5.97 Å². The Morgan fingerprint density at radius 2 is 2.00 bits per heavy atom. The Morgan fingerprint density at radius 3 is 2.56 bits per heavy atom. The van der Waals surface area contributed by atoms with Crippen LogP contribution in [0.25, 0.3) is 0 Å². The Balaban J connectivity index is 2.76. The fraction of sp³-hybridized carbons (Fsp3) is 0.385. The second kappa shape index (κ2) is 6.16.